The van der Waals surface area contributed by atoms with Crippen LogP contribution in [0.2, 0.25) is 0 Å². The van der Waals surface area contributed by atoms with Gasteiger partial charge in [0.1, 0.15) is 0 Å². The monoisotopic (exact) mass is 348 g/mol. The number of nitrogens with zero attached hydrogens (tertiary/aromatic N) is 2. The highest BCUT2D eigenvalue weighted by Crippen LogP contribution is 2.14. The molecule has 0 saturated heterocycles. The van der Waals surface area contributed by atoms with Crippen LogP contribution in [0.15, 0.2) is 46.2 Å². The van der Waals surface area contributed by atoms with Gasteiger partial charge in [0, 0.05) is 31.9 Å². The van der Waals surface area contributed by atoms with Crippen molar-refractivity contribution in [1.29, 1.82) is 0 Å². The quantitative estimate of drug-likeness (QED) is 0.769. The van der Waals surface area contributed by atoms with Crippen molar-refractivity contribution in [2.75, 3.05) is 14.1 Å². The van der Waals surface area contributed by atoms with Crippen LogP contribution in [0.1, 0.15) is 21.5 Å². The van der Waals surface area contributed by atoms with Crippen LogP contribution in [0.5, 0.6) is 0 Å². The Morgan fingerprint density at radius 2 is 1.79 bits per heavy atom. The number of aryl methyl sites for hydroxylation is 2. The van der Waals surface area contributed by atoms with Gasteiger partial charge in [0.05, 0.1) is 11.4 Å². The van der Waals surface area contributed by atoms with E-state index in [1.807, 2.05) is 26.0 Å². The smallest absolute Gasteiger partial charge is 0.251 e. The standard InChI is InChI=1S/C17H20N2O4S/c1-12-5-6-13(2)15(9-12)16(20)11-19-10-14(7-8-17(19)21)24(22,23)18(3)4/h5-10H,11H2,1-4H3. The predicted molar refractivity (Wildman–Crippen MR) is 91.8 cm³/mol. The van der Waals surface area contributed by atoms with E-state index in [4.69, 9.17) is 0 Å². The third kappa shape index (κ3) is 3.63. The summed E-state index contributed by atoms with van der Waals surface area (Å²) < 4.78 is 26.5. The zero-order valence-corrected chi connectivity index (χ0v) is 14.9. The van der Waals surface area contributed by atoms with Crippen molar-refractivity contribution in [2.45, 2.75) is 25.3 Å². The van der Waals surface area contributed by atoms with Gasteiger partial charge in [-0.3, -0.25) is 9.59 Å². The molecule has 1 aromatic carbocycles. The molecule has 0 saturated carbocycles. The van der Waals surface area contributed by atoms with E-state index in [0.717, 1.165) is 26.1 Å². The van der Waals surface area contributed by atoms with Crippen LogP contribution in [0.3, 0.4) is 0 Å². The van der Waals surface area contributed by atoms with Crippen molar-refractivity contribution in [2.24, 2.45) is 0 Å². The Bertz CT molecular complexity index is 943. The topological polar surface area (TPSA) is 76.5 Å². The van der Waals surface area contributed by atoms with Crippen LogP contribution in [-0.4, -0.2) is 37.2 Å². The first kappa shape index (κ1) is 18.1. The molecule has 7 heteroatoms. The molecule has 0 aliphatic rings. The highest BCUT2D eigenvalue weighted by Gasteiger charge is 2.19. The molecule has 0 atom stereocenters. The summed E-state index contributed by atoms with van der Waals surface area (Å²) >= 11 is 0. The van der Waals surface area contributed by atoms with E-state index >= 15 is 0 Å². The van der Waals surface area contributed by atoms with E-state index in [2.05, 4.69) is 0 Å². The molecule has 1 heterocycles. The molecule has 0 bridgehead atoms. The van der Waals surface area contributed by atoms with E-state index in [1.165, 1.54) is 26.4 Å². The molecule has 6 nitrogen and oxygen atoms in total. The summed E-state index contributed by atoms with van der Waals surface area (Å²) in [6.45, 7) is 3.49. The maximum absolute atomic E-state index is 12.5. The molecular formula is C17H20N2O4S. The number of hydrogen-bond donors (Lipinski definition) is 0. The van der Waals surface area contributed by atoms with Crippen molar-refractivity contribution < 1.29 is 13.2 Å². The molecule has 0 unspecified atom stereocenters. The van der Waals surface area contributed by atoms with Gasteiger partial charge < -0.3 is 4.57 Å². The van der Waals surface area contributed by atoms with Crippen molar-refractivity contribution in [3.8, 4) is 0 Å². The number of benzene rings is 1. The van der Waals surface area contributed by atoms with Crippen molar-refractivity contribution in [3.05, 3.63) is 63.6 Å². The number of aromatic nitrogens is 1. The van der Waals surface area contributed by atoms with Gasteiger partial charge in [-0.05, 0) is 31.5 Å². The van der Waals surface area contributed by atoms with E-state index < -0.39 is 15.6 Å². The number of sulfonamides is 1. The van der Waals surface area contributed by atoms with Crippen LogP contribution >= 0.6 is 0 Å². The second kappa shape index (κ2) is 6.70. The molecule has 0 aliphatic heterocycles. The zero-order valence-electron chi connectivity index (χ0n) is 14.1. The van der Waals surface area contributed by atoms with Crippen molar-refractivity contribution in [1.82, 2.24) is 8.87 Å². The summed E-state index contributed by atoms with van der Waals surface area (Å²) in [7, 11) is -0.852. The molecule has 2 aromatic rings. The molecule has 0 radical (unpaired) electrons. The number of carbonyl (C=O) groups is 1. The predicted octanol–water partition coefficient (Wildman–Crippen LogP) is 1.60. The highest BCUT2D eigenvalue weighted by molar-refractivity contribution is 7.89. The van der Waals surface area contributed by atoms with Crippen LogP contribution < -0.4 is 5.56 Å². The Morgan fingerprint density at radius 1 is 1.12 bits per heavy atom. The molecular weight excluding hydrogens is 328 g/mol. The van der Waals surface area contributed by atoms with Gasteiger partial charge in [0.2, 0.25) is 10.0 Å². The average molecular weight is 348 g/mol. The molecule has 2 rings (SSSR count). The van der Waals surface area contributed by atoms with Gasteiger partial charge in [0.15, 0.2) is 5.78 Å². The van der Waals surface area contributed by atoms with Crippen molar-refractivity contribution in [3.63, 3.8) is 0 Å². The largest absolute Gasteiger partial charge is 0.306 e. The number of hydrogen-bond acceptors (Lipinski definition) is 4. The van der Waals surface area contributed by atoms with Gasteiger partial charge in [-0.15, -0.1) is 0 Å². The van der Waals surface area contributed by atoms with Crippen LogP contribution in [0, 0.1) is 13.8 Å². The second-order valence-corrected chi connectivity index (χ2v) is 8.01. The lowest BCUT2D eigenvalue weighted by molar-refractivity contribution is 0.0970. The summed E-state index contributed by atoms with van der Waals surface area (Å²) in [5.41, 5.74) is 1.87. The Balaban J connectivity index is 2.41. The maximum Gasteiger partial charge on any atom is 0.251 e. The fourth-order valence-electron chi connectivity index (χ4n) is 2.27. The average Bonchev–Trinajstić information content (AvgIpc) is 2.51. The van der Waals surface area contributed by atoms with Gasteiger partial charge >= 0.3 is 0 Å². The summed E-state index contributed by atoms with van der Waals surface area (Å²) in [4.78, 5) is 24.5. The second-order valence-electron chi connectivity index (χ2n) is 5.86. The lowest BCUT2D eigenvalue weighted by Gasteiger charge is -2.13. The molecule has 0 amide bonds. The Morgan fingerprint density at radius 3 is 2.42 bits per heavy atom. The number of carbonyl (C=O) groups excluding carboxylic acids is 1. The third-order valence-corrected chi connectivity index (χ3v) is 5.54. The van der Waals surface area contributed by atoms with Gasteiger partial charge in [-0.2, -0.15) is 0 Å². The van der Waals surface area contributed by atoms with Crippen LogP contribution in [-0.2, 0) is 16.6 Å². The lowest BCUT2D eigenvalue weighted by atomic mass is 10.0. The van der Waals surface area contributed by atoms with Gasteiger partial charge in [0.25, 0.3) is 5.56 Å². The number of Topliss-reactive ketones (excluding diaryl/α,β-unsaturated/α-hetero) is 1. The summed E-state index contributed by atoms with van der Waals surface area (Å²) in [5.74, 6) is -0.238. The van der Waals surface area contributed by atoms with Gasteiger partial charge in [-0.25, -0.2) is 12.7 Å². The normalized spacial score (nSPS) is 11.7. The molecule has 24 heavy (non-hydrogen) atoms. The van der Waals surface area contributed by atoms with E-state index in [1.54, 1.807) is 6.07 Å². The minimum Gasteiger partial charge on any atom is -0.306 e. The fraction of sp³-hybridized carbons (Fsp3) is 0.294. The first-order chi connectivity index (χ1) is 11.1. The third-order valence-electron chi connectivity index (χ3n) is 3.74. The molecule has 0 N–H and O–H groups in total. The molecule has 0 fully saturated rings. The van der Waals surface area contributed by atoms with Gasteiger partial charge in [-0.1, -0.05) is 17.7 Å². The first-order valence-corrected chi connectivity index (χ1v) is 8.80. The Labute approximate surface area is 141 Å². The Kier molecular flexibility index (Phi) is 5.05. The maximum atomic E-state index is 12.5. The lowest BCUT2D eigenvalue weighted by Crippen LogP contribution is -2.27. The molecule has 128 valence electrons. The van der Waals surface area contributed by atoms with E-state index in [9.17, 15) is 18.0 Å². The minimum atomic E-state index is -3.67. The zero-order chi connectivity index (χ0) is 18.1. The Hall–Kier alpha value is -2.25. The number of pyridine rings is 1. The number of rotatable bonds is 5. The minimum absolute atomic E-state index is 0.0270. The van der Waals surface area contributed by atoms with E-state index in [-0.39, 0.29) is 17.2 Å². The van der Waals surface area contributed by atoms with Crippen LogP contribution in [0.25, 0.3) is 0 Å². The molecule has 0 aliphatic carbocycles. The first-order valence-electron chi connectivity index (χ1n) is 7.36. The summed E-state index contributed by atoms with van der Waals surface area (Å²) in [5, 5.41) is 0. The van der Waals surface area contributed by atoms with E-state index in [0.29, 0.717) is 5.56 Å². The molecule has 0 spiro atoms. The SMILES string of the molecule is Cc1ccc(C)c(C(=O)Cn2cc(S(=O)(=O)N(C)C)ccc2=O)c1. The van der Waals surface area contributed by atoms with Crippen LogP contribution in [0.4, 0.5) is 0 Å². The van der Waals surface area contributed by atoms with Crippen molar-refractivity contribution >= 4 is 15.8 Å². The summed E-state index contributed by atoms with van der Waals surface area (Å²) in [6.07, 6.45) is 1.21. The summed E-state index contributed by atoms with van der Waals surface area (Å²) in [6, 6.07) is 7.92. The fourth-order valence-corrected chi connectivity index (χ4v) is 3.19. The highest BCUT2D eigenvalue weighted by atomic mass is 32.2. The molecule has 1 aromatic heterocycles. The number of ketones is 1.